The minimum Gasteiger partial charge on any atom is -0.378 e. The SMILES string of the molecule is CN(C)c1cccc(N2CC=C(C(N)NN(C(=O)c3ccccc3)c3cccc(N(C)C)c3)C=C2Cc2ccncc2)c1. The highest BCUT2D eigenvalue weighted by Gasteiger charge is 2.25. The Hall–Kier alpha value is -4.92. The molecule has 3 aromatic carbocycles. The molecule has 8 nitrogen and oxygen atoms in total. The number of rotatable bonds is 10. The van der Waals surface area contributed by atoms with Gasteiger partial charge >= 0.3 is 0 Å². The lowest BCUT2D eigenvalue weighted by atomic mass is 10.0. The van der Waals surface area contributed by atoms with Crippen molar-refractivity contribution >= 4 is 28.7 Å². The van der Waals surface area contributed by atoms with Crippen molar-refractivity contribution in [1.29, 1.82) is 0 Å². The Morgan fingerprint density at radius 2 is 1.51 bits per heavy atom. The van der Waals surface area contributed by atoms with Crippen molar-refractivity contribution in [3.05, 3.63) is 138 Å². The zero-order chi connectivity index (χ0) is 30.3. The summed E-state index contributed by atoms with van der Waals surface area (Å²) in [5.74, 6) is -0.188. The quantitative estimate of drug-likeness (QED) is 0.199. The molecule has 220 valence electrons. The maximum atomic E-state index is 13.8. The molecule has 0 radical (unpaired) electrons. The van der Waals surface area contributed by atoms with Crippen LogP contribution in [0.4, 0.5) is 22.7 Å². The topological polar surface area (TPSA) is 81.0 Å². The Balaban J connectivity index is 1.47. The second-order valence-electron chi connectivity index (χ2n) is 10.9. The number of aromatic nitrogens is 1. The van der Waals surface area contributed by atoms with Gasteiger partial charge in [0.1, 0.15) is 0 Å². The molecule has 0 saturated carbocycles. The lowest BCUT2D eigenvalue weighted by molar-refractivity contribution is 0.0971. The number of amides is 1. The van der Waals surface area contributed by atoms with Gasteiger partial charge < -0.3 is 20.4 Å². The van der Waals surface area contributed by atoms with Crippen molar-refractivity contribution in [3.63, 3.8) is 0 Å². The van der Waals surface area contributed by atoms with Gasteiger partial charge in [-0.05, 0) is 77.9 Å². The summed E-state index contributed by atoms with van der Waals surface area (Å²) in [6.45, 7) is 0.640. The van der Waals surface area contributed by atoms with Crippen molar-refractivity contribution in [3.8, 4) is 0 Å². The van der Waals surface area contributed by atoms with Gasteiger partial charge in [-0.3, -0.25) is 9.78 Å². The smallest absolute Gasteiger partial charge is 0.272 e. The normalized spacial score (nSPS) is 13.6. The van der Waals surface area contributed by atoms with Crippen molar-refractivity contribution in [1.82, 2.24) is 10.4 Å². The molecule has 8 heteroatoms. The predicted octanol–water partition coefficient (Wildman–Crippen LogP) is 5.22. The van der Waals surface area contributed by atoms with Gasteiger partial charge in [-0.15, -0.1) is 0 Å². The van der Waals surface area contributed by atoms with Crippen LogP contribution in [0.25, 0.3) is 0 Å². The fraction of sp³-hybridized carbons (Fsp3) is 0.200. The molecule has 1 aliphatic heterocycles. The Bertz CT molecular complexity index is 1600. The number of allylic oxidation sites excluding steroid dienone is 1. The number of anilines is 4. The van der Waals surface area contributed by atoms with E-state index in [1.807, 2.05) is 112 Å². The molecule has 2 heterocycles. The highest BCUT2D eigenvalue weighted by atomic mass is 16.2. The Labute approximate surface area is 254 Å². The van der Waals surface area contributed by atoms with Crippen molar-refractivity contribution in [2.45, 2.75) is 12.6 Å². The first-order valence-electron chi connectivity index (χ1n) is 14.3. The van der Waals surface area contributed by atoms with Gasteiger partial charge in [0, 0.05) is 81.9 Å². The number of pyridine rings is 1. The van der Waals surface area contributed by atoms with Crippen LogP contribution in [0.1, 0.15) is 15.9 Å². The van der Waals surface area contributed by atoms with E-state index < -0.39 is 6.17 Å². The van der Waals surface area contributed by atoms with Crippen molar-refractivity contribution in [2.24, 2.45) is 5.73 Å². The molecule has 0 fully saturated rings. The number of benzene rings is 3. The standard InChI is InChI=1S/C35H39N7O/c1-39(2)29-12-8-14-31(24-29)41-21-18-28(23-33(41)22-26-16-19-37-20-17-26)34(36)38-42(35(43)27-10-6-5-7-11-27)32-15-9-13-30(25-32)40(3)4/h5-20,23-25,34,38H,21-22,36H2,1-4H3. The number of nitrogens with zero attached hydrogens (tertiary/aromatic N) is 5. The molecule has 43 heavy (non-hydrogen) atoms. The average Bonchev–Trinajstić information content (AvgIpc) is 3.04. The zero-order valence-corrected chi connectivity index (χ0v) is 25.2. The summed E-state index contributed by atoms with van der Waals surface area (Å²) in [6, 6.07) is 29.6. The molecule has 0 spiro atoms. The van der Waals surface area contributed by atoms with E-state index in [1.165, 1.54) is 0 Å². The van der Waals surface area contributed by atoms with Gasteiger partial charge in [-0.2, -0.15) is 0 Å². The van der Waals surface area contributed by atoms with E-state index in [0.717, 1.165) is 33.9 Å². The first kappa shape index (κ1) is 29.6. The molecular formula is C35H39N7O. The molecule has 4 aromatic rings. The second-order valence-corrected chi connectivity index (χ2v) is 10.9. The molecule has 0 bridgehead atoms. The minimum absolute atomic E-state index is 0.188. The van der Waals surface area contributed by atoms with Crippen molar-refractivity contribution in [2.75, 3.05) is 54.4 Å². The van der Waals surface area contributed by atoms with Crippen LogP contribution in [0.5, 0.6) is 0 Å². The summed E-state index contributed by atoms with van der Waals surface area (Å²) >= 11 is 0. The van der Waals surface area contributed by atoms with Gasteiger partial charge in [0.05, 0.1) is 11.9 Å². The van der Waals surface area contributed by atoms with E-state index in [1.54, 1.807) is 5.01 Å². The number of carbonyl (C=O) groups is 1. The Morgan fingerprint density at radius 3 is 2.21 bits per heavy atom. The van der Waals surface area contributed by atoms with E-state index in [-0.39, 0.29) is 5.91 Å². The van der Waals surface area contributed by atoms with Crippen LogP contribution in [0.3, 0.4) is 0 Å². The van der Waals surface area contributed by atoms with Crippen LogP contribution in [0.15, 0.2) is 127 Å². The number of carbonyl (C=O) groups excluding carboxylic acids is 1. The van der Waals surface area contributed by atoms with Crippen LogP contribution in [0.2, 0.25) is 0 Å². The van der Waals surface area contributed by atoms with Gasteiger partial charge in [0.25, 0.3) is 5.91 Å². The summed E-state index contributed by atoms with van der Waals surface area (Å²) in [5, 5.41) is 1.55. The van der Waals surface area contributed by atoms with Crippen LogP contribution in [-0.2, 0) is 6.42 Å². The third-order valence-corrected chi connectivity index (χ3v) is 7.44. The van der Waals surface area contributed by atoms with E-state index in [2.05, 4.69) is 56.6 Å². The van der Waals surface area contributed by atoms with E-state index >= 15 is 0 Å². The highest BCUT2D eigenvalue weighted by Crippen LogP contribution is 2.30. The zero-order valence-electron chi connectivity index (χ0n) is 25.2. The molecule has 1 atom stereocenters. The van der Waals surface area contributed by atoms with Gasteiger partial charge in [-0.1, -0.05) is 36.4 Å². The fourth-order valence-corrected chi connectivity index (χ4v) is 5.01. The lowest BCUT2D eigenvalue weighted by Gasteiger charge is -2.34. The molecule has 0 aliphatic carbocycles. The molecule has 0 saturated heterocycles. The van der Waals surface area contributed by atoms with E-state index in [0.29, 0.717) is 24.2 Å². The van der Waals surface area contributed by atoms with Gasteiger partial charge in [-0.25, -0.2) is 10.4 Å². The number of hydrogen-bond donors (Lipinski definition) is 2. The lowest BCUT2D eigenvalue weighted by Crippen LogP contribution is -2.53. The summed E-state index contributed by atoms with van der Waals surface area (Å²) < 4.78 is 0. The molecule has 5 rings (SSSR count). The third-order valence-electron chi connectivity index (χ3n) is 7.44. The Morgan fingerprint density at radius 1 is 0.860 bits per heavy atom. The molecular weight excluding hydrogens is 534 g/mol. The largest absolute Gasteiger partial charge is 0.378 e. The molecule has 1 aromatic heterocycles. The van der Waals surface area contributed by atoms with E-state index in [4.69, 9.17) is 5.73 Å². The van der Waals surface area contributed by atoms with Crippen LogP contribution in [0, 0.1) is 0 Å². The second kappa shape index (κ2) is 13.4. The third kappa shape index (κ3) is 7.12. The van der Waals surface area contributed by atoms with Crippen LogP contribution in [-0.4, -0.2) is 51.8 Å². The maximum Gasteiger partial charge on any atom is 0.272 e. The van der Waals surface area contributed by atoms with E-state index in [9.17, 15) is 4.79 Å². The molecule has 1 unspecified atom stereocenters. The summed E-state index contributed by atoms with van der Waals surface area (Å²) in [5.41, 5.74) is 17.8. The molecule has 3 N–H and O–H groups in total. The van der Waals surface area contributed by atoms with Crippen molar-refractivity contribution < 1.29 is 4.79 Å². The van der Waals surface area contributed by atoms with Crippen LogP contribution >= 0.6 is 0 Å². The first-order valence-corrected chi connectivity index (χ1v) is 14.3. The maximum absolute atomic E-state index is 13.8. The fourth-order valence-electron chi connectivity index (χ4n) is 5.01. The Kier molecular flexibility index (Phi) is 9.20. The summed E-state index contributed by atoms with van der Waals surface area (Å²) in [4.78, 5) is 24.4. The molecule has 1 amide bonds. The number of hydrogen-bond acceptors (Lipinski definition) is 7. The minimum atomic E-state index is -0.640. The number of nitrogens with one attached hydrogen (secondary N) is 1. The van der Waals surface area contributed by atoms with Gasteiger partial charge in [0.15, 0.2) is 0 Å². The number of nitrogens with two attached hydrogens (primary N) is 1. The van der Waals surface area contributed by atoms with Crippen LogP contribution < -0.4 is 30.9 Å². The predicted molar refractivity (Wildman–Crippen MR) is 177 cm³/mol. The summed E-state index contributed by atoms with van der Waals surface area (Å²) in [6.07, 6.45) is 7.95. The first-order chi connectivity index (χ1) is 20.8. The van der Waals surface area contributed by atoms with Gasteiger partial charge in [0.2, 0.25) is 0 Å². The average molecular weight is 574 g/mol. The number of hydrazine groups is 1. The summed E-state index contributed by atoms with van der Waals surface area (Å²) in [7, 11) is 8.04. The highest BCUT2D eigenvalue weighted by molar-refractivity contribution is 6.05. The molecule has 1 aliphatic rings. The monoisotopic (exact) mass is 573 g/mol.